The molecular formula is C18H17F2NO3. The Morgan fingerprint density at radius 1 is 1.08 bits per heavy atom. The standard InChI is InChI=1S/C18H17F2NO3/c1-3-12-7-9-13(10-8-12)21-17(22)11(2)24-18(23)16-14(19)5-4-6-15(16)20/h4-11H,3H2,1-2H3,(H,21,22). The van der Waals surface area contributed by atoms with Crippen molar-refractivity contribution in [2.75, 3.05) is 5.32 Å². The number of carbonyl (C=O) groups excluding carboxylic acids is 2. The fourth-order valence-electron chi connectivity index (χ4n) is 2.03. The summed E-state index contributed by atoms with van der Waals surface area (Å²) in [6, 6.07) is 10.2. The van der Waals surface area contributed by atoms with E-state index in [0.717, 1.165) is 30.2 Å². The van der Waals surface area contributed by atoms with Crippen LogP contribution in [-0.2, 0) is 16.0 Å². The van der Waals surface area contributed by atoms with Gasteiger partial charge in [-0.15, -0.1) is 0 Å². The summed E-state index contributed by atoms with van der Waals surface area (Å²) in [5.41, 5.74) is 0.837. The van der Waals surface area contributed by atoms with E-state index in [1.807, 2.05) is 19.1 Å². The van der Waals surface area contributed by atoms with E-state index in [2.05, 4.69) is 5.32 Å². The Labute approximate surface area is 138 Å². The van der Waals surface area contributed by atoms with E-state index in [-0.39, 0.29) is 0 Å². The molecule has 0 saturated heterocycles. The lowest BCUT2D eigenvalue weighted by Crippen LogP contribution is -2.30. The molecule has 1 unspecified atom stereocenters. The Morgan fingerprint density at radius 2 is 1.67 bits per heavy atom. The number of ether oxygens (including phenoxy) is 1. The van der Waals surface area contributed by atoms with Crippen LogP contribution >= 0.6 is 0 Å². The third-order valence-electron chi connectivity index (χ3n) is 3.45. The second-order valence-corrected chi connectivity index (χ2v) is 5.18. The van der Waals surface area contributed by atoms with Crippen LogP contribution in [0.25, 0.3) is 0 Å². The maximum absolute atomic E-state index is 13.5. The van der Waals surface area contributed by atoms with Gasteiger partial charge in [0.1, 0.15) is 17.2 Å². The fraction of sp³-hybridized carbons (Fsp3) is 0.222. The van der Waals surface area contributed by atoms with E-state index in [4.69, 9.17) is 4.74 Å². The molecule has 126 valence electrons. The maximum atomic E-state index is 13.5. The summed E-state index contributed by atoms with van der Waals surface area (Å²) in [6.45, 7) is 3.34. The SMILES string of the molecule is CCc1ccc(NC(=O)C(C)OC(=O)c2c(F)cccc2F)cc1. The van der Waals surface area contributed by atoms with E-state index < -0.39 is 35.2 Å². The predicted molar refractivity (Wildman–Crippen MR) is 85.7 cm³/mol. The van der Waals surface area contributed by atoms with Crippen LogP contribution in [0.3, 0.4) is 0 Å². The Hall–Kier alpha value is -2.76. The van der Waals surface area contributed by atoms with Gasteiger partial charge in [0.05, 0.1) is 0 Å². The Morgan fingerprint density at radius 3 is 2.21 bits per heavy atom. The lowest BCUT2D eigenvalue weighted by Gasteiger charge is -2.14. The molecule has 0 aliphatic rings. The average Bonchev–Trinajstić information content (AvgIpc) is 2.55. The number of rotatable bonds is 5. The Balaban J connectivity index is 2.01. The summed E-state index contributed by atoms with van der Waals surface area (Å²) in [7, 11) is 0. The summed E-state index contributed by atoms with van der Waals surface area (Å²) in [5.74, 6) is -3.90. The van der Waals surface area contributed by atoms with Crippen LogP contribution in [0, 0.1) is 11.6 Å². The van der Waals surface area contributed by atoms with E-state index in [9.17, 15) is 18.4 Å². The van der Waals surface area contributed by atoms with Crippen molar-refractivity contribution in [2.45, 2.75) is 26.4 Å². The monoisotopic (exact) mass is 333 g/mol. The highest BCUT2D eigenvalue weighted by atomic mass is 19.1. The van der Waals surface area contributed by atoms with Crippen LogP contribution in [0.5, 0.6) is 0 Å². The molecule has 0 bridgehead atoms. The average molecular weight is 333 g/mol. The number of halogens is 2. The molecule has 24 heavy (non-hydrogen) atoms. The van der Waals surface area contributed by atoms with Crippen LogP contribution < -0.4 is 5.32 Å². The van der Waals surface area contributed by atoms with Gasteiger partial charge >= 0.3 is 5.97 Å². The first-order valence-electron chi connectivity index (χ1n) is 7.47. The smallest absolute Gasteiger partial charge is 0.344 e. The first kappa shape index (κ1) is 17.6. The van der Waals surface area contributed by atoms with E-state index >= 15 is 0 Å². The highest BCUT2D eigenvalue weighted by Gasteiger charge is 2.24. The van der Waals surface area contributed by atoms with E-state index in [0.29, 0.717) is 5.69 Å². The van der Waals surface area contributed by atoms with Gasteiger partial charge in [0.25, 0.3) is 5.91 Å². The summed E-state index contributed by atoms with van der Waals surface area (Å²) in [5, 5.41) is 2.58. The second-order valence-electron chi connectivity index (χ2n) is 5.18. The number of hydrogen-bond donors (Lipinski definition) is 1. The molecule has 4 nitrogen and oxygen atoms in total. The lowest BCUT2D eigenvalue weighted by molar-refractivity contribution is -0.123. The van der Waals surface area contributed by atoms with Crippen LogP contribution in [0.1, 0.15) is 29.8 Å². The van der Waals surface area contributed by atoms with E-state index in [1.54, 1.807) is 12.1 Å². The number of amides is 1. The Kier molecular flexibility index (Phi) is 5.63. The fourth-order valence-corrected chi connectivity index (χ4v) is 2.03. The van der Waals surface area contributed by atoms with Crippen molar-refractivity contribution in [1.29, 1.82) is 0 Å². The third-order valence-corrected chi connectivity index (χ3v) is 3.45. The van der Waals surface area contributed by atoms with Crippen LogP contribution in [-0.4, -0.2) is 18.0 Å². The lowest BCUT2D eigenvalue weighted by atomic mass is 10.1. The van der Waals surface area contributed by atoms with Gasteiger partial charge in [-0.2, -0.15) is 0 Å². The largest absolute Gasteiger partial charge is 0.449 e. The van der Waals surface area contributed by atoms with Crippen LogP contribution in [0.4, 0.5) is 14.5 Å². The number of benzene rings is 2. The molecule has 6 heteroatoms. The number of nitrogens with one attached hydrogen (secondary N) is 1. The zero-order valence-corrected chi connectivity index (χ0v) is 13.3. The quantitative estimate of drug-likeness (QED) is 0.849. The second kappa shape index (κ2) is 7.68. The first-order chi connectivity index (χ1) is 11.4. The van der Waals surface area contributed by atoms with Gasteiger partial charge in [-0.1, -0.05) is 25.1 Å². The van der Waals surface area contributed by atoms with Gasteiger partial charge in [0.15, 0.2) is 6.10 Å². The maximum Gasteiger partial charge on any atom is 0.344 e. The number of anilines is 1. The number of aryl methyl sites for hydroxylation is 1. The molecule has 1 amide bonds. The summed E-state index contributed by atoms with van der Waals surface area (Å²) < 4.78 is 31.9. The minimum absolute atomic E-state index is 0.539. The van der Waals surface area contributed by atoms with Crippen molar-refractivity contribution < 1.29 is 23.1 Å². The van der Waals surface area contributed by atoms with Gasteiger partial charge in [0, 0.05) is 5.69 Å². The topological polar surface area (TPSA) is 55.4 Å². The predicted octanol–water partition coefficient (Wildman–Crippen LogP) is 3.71. The molecule has 1 atom stereocenters. The van der Waals surface area contributed by atoms with Crippen LogP contribution in [0.15, 0.2) is 42.5 Å². The normalized spacial score (nSPS) is 11.7. The van der Waals surface area contributed by atoms with Crippen molar-refractivity contribution >= 4 is 17.6 Å². The molecular weight excluding hydrogens is 316 g/mol. The first-order valence-corrected chi connectivity index (χ1v) is 7.47. The molecule has 0 aliphatic heterocycles. The zero-order valence-electron chi connectivity index (χ0n) is 13.3. The molecule has 0 aliphatic carbocycles. The van der Waals surface area contributed by atoms with Crippen LogP contribution in [0.2, 0.25) is 0 Å². The van der Waals surface area contributed by atoms with Crippen molar-refractivity contribution in [3.63, 3.8) is 0 Å². The minimum Gasteiger partial charge on any atom is -0.449 e. The van der Waals surface area contributed by atoms with Gasteiger partial charge in [-0.05, 0) is 43.2 Å². The number of carbonyl (C=O) groups is 2. The summed E-state index contributed by atoms with van der Waals surface area (Å²) in [6.07, 6.45) is -0.335. The van der Waals surface area contributed by atoms with Crippen molar-refractivity contribution in [3.8, 4) is 0 Å². The Bertz CT molecular complexity index is 724. The molecule has 0 fully saturated rings. The van der Waals surface area contributed by atoms with Crippen molar-refractivity contribution in [2.24, 2.45) is 0 Å². The summed E-state index contributed by atoms with van der Waals surface area (Å²) in [4.78, 5) is 23.9. The molecule has 0 heterocycles. The van der Waals surface area contributed by atoms with Gasteiger partial charge in [0.2, 0.25) is 0 Å². The number of esters is 1. The molecule has 1 N–H and O–H groups in total. The summed E-state index contributed by atoms with van der Waals surface area (Å²) >= 11 is 0. The molecule has 0 spiro atoms. The van der Waals surface area contributed by atoms with Crippen molar-refractivity contribution in [3.05, 3.63) is 65.2 Å². The highest BCUT2D eigenvalue weighted by molar-refractivity contribution is 5.97. The molecule has 0 aromatic heterocycles. The van der Waals surface area contributed by atoms with E-state index in [1.165, 1.54) is 6.92 Å². The number of hydrogen-bond acceptors (Lipinski definition) is 3. The van der Waals surface area contributed by atoms with Gasteiger partial charge in [-0.25, -0.2) is 13.6 Å². The van der Waals surface area contributed by atoms with Gasteiger partial charge in [-0.3, -0.25) is 4.79 Å². The molecule has 2 aromatic carbocycles. The molecule has 0 saturated carbocycles. The zero-order chi connectivity index (χ0) is 17.7. The molecule has 2 rings (SSSR count). The molecule has 2 aromatic rings. The van der Waals surface area contributed by atoms with Crippen molar-refractivity contribution in [1.82, 2.24) is 0 Å². The van der Waals surface area contributed by atoms with Gasteiger partial charge < -0.3 is 10.1 Å². The minimum atomic E-state index is -1.23. The highest BCUT2D eigenvalue weighted by Crippen LogP contribution is 2.15. The molecule has 0 radical (unpaired) electrons. The third kappa shape index (κ3) is 4.16.